The van der Waals surface area contributed by atoms with Crippen molar-refractivity contribution in [2.45, 2.75) is 26.8 Å². The Morgan fingerprint density at radius 3 is 2.73 bits per heavy atom. The van der Waals surface area contributed by atoms with Crippen LogP contribution in [0.3, 0.4) is 0 Å². The maximum atomic E-state index is 12.0. The summed E-state index contributed by atoms with van der Waals surface area (Å²) in [6.45, 7) is 4.19. The number of hydrogen-bond donors (Lipinski definition) is 1. The van der Waals surface area contributed by atoms with E-state index in [1.54, 1.807) is 4.68 Å². The van der Waals surface area contributed by atoms with Gasteiger partial charge in [0, 0.05) is 29.7 Å². The number of aryl methyl sites for hydroxylation is 3. The lowest BCUT2D eigenvalue weighted by Gasteiger charge is -2.07. The molecule has 0 radical (unpaired) electrons. The number of nitro groups is 1. The predicted octanol–water partition coefficient (Wildman–Crippen LogP) is 3.09. The summed E-state index contributed by atoms with van der Waals surface area (Å²) in [4.78, 5) is 22.3. The van der Waals surface area contributed by atoms with Crippen molar-refractivity contribution in [1.82, 2.24) is 9.78 Å². The maximum absolute atomic E-state index is 12.0. The fourth-order valence-electron chi connectivity index (χ4n) is 2.08. The van der Waals surface area contributed by atoms with Gasteiger partial charge in [0.2, 0.25) is 5.91 Å². The van der Waals surface area contributed by atoms with Crippen molar-refractivity contribution >= 4 is 28.9 Å². The van der Waals surface area contributed by atoms with E-state index in [0.717, 1.165) is 11.4 Å². The Labute approximate surface area is 132 Å². The number of amides is 1. The summed E-state index contributed by atoms with van der Waals surface area (Å²) in [5, 5.41) is 18.0. The molecule has 0 unspecified atom stereocenters. The number of benzene rings is 1. The molecule has 1 aromatic carbocycles. The molecule has 0 aliphatic rings. The van der Waals surface area contributed by atoms with Gasteiger partial charge in [-0.25, -0.2) is 0 Å². The fraction of sp³-hybridized carbons (Fsp3) is 0.286. The number of carbonyl (C=O) groups is 1. The minimum absolute atomic E-state index is 0.132. The Bertz CT molecular complexity index is 727. The number of nitrogens with zero attached hydrogens (tertiary/aromatic N) is 3. The summed E-state index contributed by atoms with van der Waals surface area (Å²) in [7, 11) is 0. The molecule has 0 atom stereocenters. The molecular formula is C14H15ClN4O3. The molecule has 2 aromatic rings. The van der Waals surface area contributed by atoms with E-state index < -0.39 is 4.92 Å². The highest BCUT2D eigenvalue weighted by atomic mass is 35.5. The number of carbonyl (C=O) groups excluding carboxylic acids is 1. The van der Waals surface area contributed by atoms with Crippen molar-refractivity contribution in [1.29, 1.82) is 0 Å². The number of aromatic nitrogens is 2. The molecule has 0 fully saturated rings. The first kappa shape index (κ1) is 16.0. The van der Waals surface area contributed by atoms with Gasteiger partial charge in [-0.3, -0.25) is 19.6 Å². The van der Waals surface area contributed by atoms with Crippen molar-refractivity contribution in [3.05, 3.63) is 50.8 Å². The summed E-state index contributed by atoms with van der Waals surface area (Å²) >= 11 is 5.73. The van der Waals surface area contributed by atoms with Crippen LogP contribution in [0.1, 0.15) is 17.8 Å². The summed E-state index contributed by atoms with van der Waals surface area (Å²) in [6, 6.07) is 6.03. The molecule has 1 amide bonds. The quantitative estimate of drug-likeness (QED) is 0.676. The molecule has 1 N–H and O–H groups in total. The average Bonchev–Trinajstić information content (AvgIpc) is 2.76. The average molecular weight is 323 g/mol. The number of nitro benzene ring substituents is 1. The van der Waals surface area contributed by atoms with Crippen molar-refractivity contribution < 1.29 is 9.72 Å². The summed E-state index contributed by atoms with van der Waals surface area (Å²) < 4.78 is 1.73. The second kappa shape index (κ2) is 6.57. The minimum Gasteiger partial charge on any atom is -0.320 e. The molecule has 0 saturated heterocycles. The van der Waals surface area contributed by atoms with Crippen LogP contribution in [0.4, 0.5) is 11.4 Å². The summed E-state index contributed by atoms with van der Waals surface area (Å²) in [6.07, 6.45) is 0.168. The lowest BCUT2D eigenvalue weighted by atomic mass is 10.2. The van der Waals surface area contributed by atoms with Crippen LogP contribution in [0, 0.1) is 24.0 Å². The second-order valence-electron chi connectivity index (χ2n) is 4.87. The predicted molar refractivity (Wildman–Crippen MR) is 83.1 cm³/mol. The van der Waals surface area contributed by atoms with Gasteiger partial charge in [0.15, 0.2) is 0 Å². The Morgan fingerprint density at radius 2 is 2.14 bits per heavy atom. The Balaban J connectivity index is 2.03. The van der Waals surface area contributed by atoms with Gasteiger partial charge in [-0.2, -0.15) is 5.10 Å². The Hall–Kier alpha value is -2.41. The van der Waals surface area contributed by atoms with E-state index in [2.05, 4.69) is 10.4 Å². The smallest absolute Gasteiger partial charge is 0.294 e. The molecule has 0 spiro atoms. The summed E-state index contributed by atoms with van der Waals surface area (Å²) in [5.74, 6) is -0.321. The third kappa shape index (κ3) is 3.82. The van der Waals surface area contributed by atoms with E-state index in [-0.39, 0.29) is 28.7 Å². The SMILES string of the molecule is Cc1cc(C)n(CCC(=O)Nc2ccc(Cl)cc2[N+](=O)[O-])n1. The van der Waals surface area contributed by atoms with Crippen molar-refractivity contribution in [2.75, 3.05) is 5.32 Å². The molecule has 0 aliphatic heterocycles. The van der Waals surface area contributed by atoms with E-state index in [4.69, 9.17) is 11.6 Å². The first-order chi connectivity index (χ1) is 10.4. The zero-order valence-electron chi connectivity index (χ0n) is 12.2. The van der Waals surface area contributed by atoms with Crippen LogP contribution in [0.2, 0.25) is 5.02 Å². The van der Waals surface area contributed by atoms with Crippen LogP contribution in [-0.2, 0) is 11.3 Å². The number of rotatable bonds is 5. The molecule has 8 heteroatoms. The standard InChI is InChI=1S/C14H15ClN4O3/c1-9-7-10(2)18(17-9)6-5-14(20)16-12-4-3-11(15)8-13(12)19(21)22/h3-4,7-8H,5-6H2,1-2H3,(H,16,20). The molecule has 2 rings (SSSR count). The van der Waals surface area contributed by atoms with E-state index in [1.165, 1.54) is 18.2 Å². The van der Waals surface area contributed by atoms with Gasteiger partial charge in [-0.15, -0.1) is 0 Å². The topological polar surface area (TPSA) is 90.1 Å². The zero-order valence-corrected chi connectivity index (χ0v) is 12.9. The maximum Gasteiger partial charge on any atom is 0.294 e. The fourth-order valence-corrected chi connectivity index (χ4v) is 2.25. The van der Waals surface area contributed by atoms with Crippen LogP contribution in [0.15, 0.2) is 24.3 Å². The number of anilines is 1. The van der Waals surface area contributed by atoms with Crippen molar-refractivity contribution in [2.24, 2.45) is 0 Å². The van der Waals surface area contributed by atoms with E-state index >= 15 is 0 Å². The first-order valence-electron chi connectivity index (χ1n) is 6.61. The van der Waals surface area contributed by atoms with E-state index in [1.807, 2.05) is 19.9 Å². The largest absolute Gasteiger partial charge is 0.320 e. The summed E-state index contributed by atoms with van der Waals surface area (Å²) in [5.41, 5.74) is 1.74. The number of halogens is 1. The van der Waals surface area contributed by atoms with Gasteiger partial charge < -0.3 is 5.32 Å². The van der Waals surface area contributed by atoms with Crippen LogP contribution in [0.25, 0.3) is 0 Å². The highest BCUT2D eigenvalue weighted by Gasteiger charge is 2.16. The van der Waals surface area contributed by atoms with Crippen LogP contribution in [0.5, 0.6) is 0 Å². The van der Waals surface area contributed by atoms with Crippen LogP contribution < -0.4 is 5.32 Å². The molecule has 116 valence electrons. The number of nitrogens with one attached hydrogen (secondary N) is 1. The molecule has 1 heterocycles. The van der Waals surface area contributed by atoms with Gasteiger partial charge in [0.25, 0.3) is 5.69 Å². The highest BCUT2D eigenvalue weighted by molar-refractivity contribution is 6.31. The van der Waals surface area contributed by atoms with E-state index in [0.29, 0.717) is 6.54 Å². The van der Waals surface area contributed by atoms with Gasteiger partial charge >= 0.3 is 0 Å². The Morgan fingerprint density at radius 1 is 1.41 bits per heavy atom. The molecule has 0 aliphatic carbocycles. The first-order valence-corrected chi connectivity index (χ1v) is 6.99. The molecule has 0 bridgehead atoms. The van der Waals surface area contributed by atoms with Gasteiger partial charge in [-0.05, 0) is 32.0 Å². The molecule has 7 nitrogen and oxygen atoms in total. The molecule has 1 aromatic heterocycles. The molecule has 0 saturated carbocycles. The van der Waals surface area contributed by atoms with E-state index in [9.17, 15) is 14.9 Å². The van der Waals surface area contributed by atoms with Crippen LogP contribution >= 0.6 is 11.6 Å². The minimum atomic E-state index is -0.581. The van der Waals surface area contributed by atoms with Gasteiger partial charge in [0.1, 0.15) is 5.69 Å². The van der Waals surface area contributed by atoms with Gasteiger partial charge in [-0.1, -0.05) is 11.6 Å². The molecular weight excluding hydrogens is 308 g/mol. The third-order valence-corrected chi connectivity index (χ3v) is 3.32. The molecule has 22 heavy (non-hydrogen) atoms. The van der Waals surface area contributed by atoms with Crippen molar-refractivity contribution in [3.8, 4) is 0 Å². The van der Waals surface area contributed by atoms with Crippen LogP contribution in [-0.4, -0.2) is 20.6 Å². The Kier molecular flexibility index (Phi) is 4.77. The normalized spacial score (nSPS) is 10.5. The van der Waals surface area contributed by atoms with Crippen molar-refractivity contribution in [3.63, 3.8) is 0 Å². The third-order valence-electron chi connectivity index (χ3n) is 3.08. The lowest BCUT2D eigenvalue weighted by molar-refractivity contribution is -0.383. The lowest BCUT2D eigenvalue weighted by Crippen LogP contribution is -2.16. The van der Waals surface area contributed by atoms with Gasteiger partial charge in [0.05, 0.1) is 10.6 Å². The second-order valence-corrected chi connectivity index (χ2v) is 5.30. The zero-order chi connectivity index (χ0) is 16.3. The highest BCUT2D eigenvalue weighted by Crippen LogP contribution is 2.27. The number of hydrogen-bond acceptors (Lipinski definition) is 4. The monoisotopic (exact) mass is 322 g/mol.